The lowest BCUT2D eigenvalue weighted by Crippen LogP contribution is -2.30. The molecule has 8 heteroatoms. The van der Waals surface area contributed by atoms with Crippen LogP contribution in [0.15, 0.2) is 35.8 Å². The number of rotatable bonds is 5. The molecule has 2 amide bonds. The zero-order chi connectivity index (χ0) is 16.1. The van der Waals surface area contributed by atoms with Crippen LogP contribution >= 0.6 is 11.3 Å². The van der Waals surface area contributed by atoms with Gasteiger partial charge in [-0.25, -0.2) is 9.78 Å². The first-order valence-electron chi connectivity index (χ1n) is 6.29. The number of pyridine rings is 1. The number of nitrogens with zero attached hydrogens (tertiary/aromatic N) is 1. The minimum Gasteiger partial charge on any atom is -0.448 e. The molecule has 22 heavy (non-hydrogen) atoms. The molecule has 2 rings (SSSR count). The Labute approximate surface area is 130 Å². The van der Waals surface area contributed by atoms with Crippen LogP contribution in [0.4, 0.5) is 5.00 Å². The summed E-state index contributed by atoms with van der Waals surface area (Å²) in [5.74, 6) is -1.91. The molecule has 0 radical (unpaired) electrons. The van der Waals surface area contributed by atoms with E-state index in [1.54, 1.807) is 17.5 Å². The average Bonchev–Trinajstić information content (AvgIpc) is 2.96. The fourth-order valence-electron chi connectivity index (χ4n) is 1.57. The zero-order valence-electron chi connectivity index (χ0n) is 11.6. The summed E-state index contributed by atoms with van der Waals surface area (Å²) < 4.78 is 5.02. The molecule has 0 aromatic carbocycles. The van der Waals surface area contributed by atoms with Gasteiger partial charge in [0.2, 0.25) is 0 Å². The molecule has 0 aliphatic rings. The molecule has 0 unspecified atom stereocenters. The van der Waals surface area contributed by atoms with Gasteiger partial charge in [0, 0.05) is 6.20 Å². The van der Waals surface area contributed by atoms with Gasteiger partial charge in [-0.05, 0) is 30.5 Å². The molecular formula is C14H13N3O4S. The molecule has 0 saturated carbocycles. The number of aromatic nitrogens is 1. The Bertz CT molecular complexity index is 699. The molecule has 3 N–H and O–H groups in total. The number of nitrogens with one attached hydrogen (secondary N) is 1. The van der Waals surface area contributed by atoms with Crippen molar-refractivity contribution >= 4 is 34.1 Å². The van der Waals surface area contributed by atoms with Crippen LogP contribution in [-0.2, 0) is 9.53 Å². The van der Waals surface area contributed by atoms with E-state index in [-0.39, 0.29) is 11.3 Å². The van der Waals surface area contributed by atoms with Crippen molar-refractivity contribution in [3.8, 4) is 0 Å². The van der Waals surface area contributed by atoms with Gasteiger partial charge in [-0.1, -0.05) is 6.07 Å². The second kappa shape index (κ2) is 6.81. The summed E-state index contributed by atoms with van der Waals surface area (Å²) in [6.07, 6.45) is 0.406. The molecule has 2 aromatic rings. The number of thiophene rings is 1. The molecule has 0 saturated heterocycles. The number of carbonyl (C=O) groups is 3. The molecule has 0 bridgehead atoms. The van der Waals surface area contributed by atoms with E-state index in [1.165, 1.54) is 25.3 Å². The van der Waals surface area contributed by atoms with Gasteiger partial charge >= 0.3 is 5.97 Å². The van der Waals surface area contributed by atoms with E-state index >= 15 is 0 Å². The lowest BCUT2D eigenvalue weighted by atomic mass is 10.3. The fourth-order valence-corrected chi connectivity index (χ4v) is 2.37. The highest BCUT2D eigenvalue weighted by atomic mass is 32.1. The molecule has 0 aliphatic carbocycles. The summed E-state index contributed by atoms with van der Waals surface area (Å²) in [5, 5.41) is 4.45. The zero-order valence-corrected chi connectivity index (χ0v) is 12.4. The van der Waals surface area contributed by atoms with Gasteiger partial charge in [0.15, 0.2) is 6.10 Å². The van der Waals surface area contributed by atoms with Crippen molar-refractivity contribution in [2.45, 2.75) is 13.0 Å². The number of primary amides is 1. The Morgan fingerprint density at radius 2 is 2.09 bits per heavy atom. The Hall–Kier alpha value is -2.74. The topological polar surface area (TPSA) is 111 Å². The van der Waals surface area contributed by atoms with Crippen molar-refractivity contribution in [1.82, 2.24) is 4.98 Å². The van der Waals surface area contributed by atoms with Crippen molar-refractivity contribution in [3.63, 3.8) is 0 Å². The summed E-state index contributed by atoms with van der Waals surface area (Å²) in [6.45, 7) is 1.42. The quantitative estimate of drug-likeness (QED) is 0.810. The van der Waals surface area contributed by atoms with E-state index in [2.05, 4.69) is 10.3 Å². The number of hydrogen-bond acceptors (Lipinski definition) is 6. The van der Waals surface area contributed by atoms with Crippen LogP contribution in [-0.4, -0.2) is 28.9 Å². The summed E-state index contributed by atoms with van der Waals surface area (Å²) in [7, 11) is 0. The van der Waals surface area contributed by atoms with Crippen LogP contribution in [0.3, 0.4) is 0 Å². The standard InChI is InChI=1S/C14H13N3O4S/c1-8(21-14(20)10-4-2-3-6-16-10)12(19)17-13-9(11(15)18)5-7-22-13/h2-8H,1H3,(H2,15,18)(H,17,19)/t8-/m1/s1. The van der Waals surface area contributed by atoms with E-state index in [4.69, 9.17) is 10.5 Å². The highest BCUT2D eigenvalue weighted by Gasteiger charge is 2.21. The normalized spacial score (nSPS) is 11.5. The van der Waals surface area contributed by atoms with Crippen molar-refractivity contribution in [3.05, 3.63) is 47.1 Å². The molecule has 1 atom stereocenters. The molecule has 0 aliphatic heterocycles. The number of hydrogen-bond donors (Lipinski definition) is 2. The predicted octanol–water partition coefficient (Wildman–Crippen LogP) is 1.43. The second-order valence-electron chi connectivity index (χ2n) is 4.28. The summed E-state index contributed by atoms with van der Waals surface area (Å²) in [5.41, 5.74) is 5.51. The average molecular weight is 319 g/mol. The van der Waals surface area contributed by atoms with Crippen molar-refractivity contribution in [2.75, 3.05) is 5.32 Å². The van der Waals surface area contributed by atoms with Gasteiger partial charge in [-0.15, -0.1) is 11.3 Å². The largest absolute Gasteiger partial charge is 0.448 e. The van der Waals surface area contributed by atoms with E-state index in [9.17, 15) is 14.4 Å². The monoisotopic (exact) mass is 319 g/mol. The Kier molecular flexibility index (Phi) is 4.84. The van der Waals surface area contributed by atoms with Crippen molar-refractivity contribution in [2.24, 2.45) is 5.73 Å². The first-order chi connectivity index (χ1) is 10.5. The van der Waals surface area contributed by atoms with Crippen LogP contribution in [0, 0.1) is 0 Å². The van der Waals surface area contributed by atoms with Crippen LogP contribution in [0.5, 0.6) is 0 Å². The summed E-state index contributed by atoms with van der Waals surface area (Å²) in [6, 6.07) is 6.29. The summed E-state index contributed by atoms with van der Waals surface area (Å²) >= 11 is 1.15. The third-order valence-electron chi connectivity index (χ3n) is 2.69. The molecule has 7 nitrogen and oxygen atoms in total. The fraction of sp³-hybridized carbons (Fsp3) is 0.143. The van der Waals surface area contributed by atoms with E-state index in [0.29, 0.717) is 5.00 Å². The molecule has 2 heterocycles. The number of ether oxygens (including phenoxy) is 1. The van der Waals surface area contributed by atoms with Crippen molar-refractivity contribution < 1.29 is 19.1 Å². The van der Waals surface area contributed by atoms with Crippen LogP contribution in [0.2, 0.25) is 0 Å². The SMILES string of the molecule is C[C@@H](OC(=O)c1ccccn1)C(=O)Nc1sccc1C(N)=O. The first-order valence-corrected chi connectivity index (χ1v) is 7.17. The Morgan fingerprint density at radius 3 is 2.73 bits per heavy atom. The number of amides is 2. The number of nitrogens with two attached hydrogens (primary N) is 1. The molecular weight excluding hydrogens is 306 g/mol. The molecule has 0 spiro atoms. The number of carbonyl (C=O) groups excluding carboxylic acids is 3. The van der Waals surface area contributed by atoms with Gasteiger partial charge in [-0.3, -0.25) is 9.59 Å². The first kappa shape index (κ1) is 15.6. The minimum absolute atomic E-state index is 0.107. The van der Waals surface area contributed by atoms with Crippen molar-refractivity contribution in [1.29, 1.82) is 0 Å². The van der Waals surface area contributed by atoms with Gasteiger partial charge in [-0.2, -0.15) is 0 Å². The maximum Gasteiger partial charge on any atom is 0.357 e. The molecule has 0 fully saturated rings. The Balaban J connectivity index is 1.99. The highest BCUT2D eigenvalue weighted by molar-refractivity contribution is 7.14. The smallest absolute Gasteiger partial charge is 0.357 e. The van der Waals surface area contributed by atoms with E-state index in [1.807, 2.05) is 0 Å². The van der Waals surface area contributed by atoms with E-state index in [0.717, 1.165) is 11.3 Å². The van der Waals surface area contributed by atoms with Crippen LogP contribution in [0.1, 0.15) is 27.8 Å². The summed E-state index contributed by atoms with van der Waals surface area (Å²) in [4.78, 5) is 38.8. The number of esters is 1. The van der Waals surface area contributed by atoms with Crippen LogP contribution in [0.25, 0.3) is 0 Å². The maximum atomic E-state index is 12.0. The lowest BCUT2D eigenvalue weighted by Gasteiger charge is -2.12. The van der Waals surface area contributed by atoms with Gasteiger partial charge in [0.25, 0.3) is 11.8 Å². The van der Waals surface area contributed by atoms with Crippen LogP contribution < -0.4 is 11.1 Å². The lowest BCUT2D eigenvalue weighted by molar-refractivity contribution is -0.123. The molecule has 114 valence electrons. The van der Waals surface area contributed by atoms with E-state index < -0.39 is 23.9 Å². The third-order valence-corrected chi connectivity index (χ3v) is 3.52. The van der Waals surface area contributed by atoms with Gasteiger partial charge < -0.3 is 15.8 Å². The molecule has 2 aromatic heterocycles. The predicted molar refractivity (Wildman–Crippen MR) is 80.6 cm³/mol. The maximum absolute atomic E-state index is 12.0. The Morgan fingerprint density at radius 1 is 1.32 bits per heavy atom. The number of anilines is 1. The third kappa shape index (κ3) is 3.67. The second-order valence-corrected chi connectivity index (χ2v) is 5.20. The highest BCUT2D eigenvalue weighted by Crippen LogP contribution is 2.23. The minimum atomic E-state index is -1.04. The van der Waals surface area contributed by atoms with Gasteiger partial charge in [0.1, 0.15) is 10.7 Å². The van der Waals surface area contributed by atoms with Gasteiger partial charge in [0.05, 0.1) is 5.56 Å².